The van der Waals surface area contributed by atoms with Gasteiger partial charge in [0.25, 0.3) is 0 Å². The molecule has 1 aliphatic heterocycles. The Morgan fingerprint density at radius 3 is 2.70 bits per heavy atom. The molecule has 1 fully saturated rings. The lowest BCUT2D eigenvalue weighted by Crippen LogP contribution is -2.39. The molecule has 0 unspecified atom stereocenters. The normalized spacial score (nSPS) is 17.5. The van der Waals surface area contributed by atoms with Crippen molar-refractivity contribution in [2.24, 2.45) is 0 Å². The highest BCUT2D eigenvalue weighted by atomic mass is 35.5. The van der Waals surface area contributed by atoms with E-state index in [0.29, 0.717) is 37.6 Å². The van der Waals surface area contributed by atoms with Crippen LogP contribution in [0.25, 0.3) is 10.9 Å². The van der Waals surface area contributed by atoms with Crippen LogP contribution in [0.4, 0.5) is 5.69 Å². The Morgan fingerprint density at radius 2 is 1.91 bits per heavy atom. The third kappa shape index (κ3) is 6.13. The first-order chi connectivity index (χ1) is 15.7. The number of H-pyrrole nitrogens is 1. The number of hydrogen-bond donors (Lipinski definition) is 3. The number of ether oxygens (including phenoxy) is 2. The van der Waals surface area contributed by atoms with Crippen molar-refractivity contribution in [1.29, 1.82) is 0 Å². The first-order valence-electron chi connectivity index (χ1n) is 11.1. The number of rotatable bonds is 9. The number of anilines is 1. The SMILES string of the molecule is CCOCCCOC(=O)c1cc2cc(NC(=O)[C@H]3NCC[C@H]3c3ccccc3)ccc2[nH]1.Cl. The van der Waals surface area contributed by atoms with Gasteiger partial charge in [-0.1, -0.05) is 30.3 Å². The highest BCUT2D eigenvalue weighted by Gasteiger charge is 2.33. The van der Waals surface area contributed by atoms with Crippen LogP contribution >= 0.6 is 12.4 Å². The maximum absolute atomic E-state index is 13.0. The molecule has 2 heterocycles. The Hall–Kier alpha value is -2.87. The van der Waals surface area contributed by atoms with Crippen LogP contribution in [0.2, 0.25) is 0 Å². The second-order valence-electron chi connectivity index (χ2n) is 7.90. The van der Waals surface area contributed by atoms with Gasteiger partial charge < -0.3 is 25.1 Å². The molecule has 2 atom stereocenters. The number of carbonyl (C=O) groups is 2. The molecular formula is C25H30ClN3O4. The predicted octanol–water partition coefficient (Wildman–Crippen LogP) is 4.26. The van der Waals surface area contributed by atoms with Crippen molar-refractivity contribution in [2.75, 3.05) is 31.7 Å². The first kappa shape index (κ1) is 24.8. The van der Waals surface area contributed by atoms with Gasteiger partial charge in [0.2, 0.25) is 5.91 Å². The molecule has 3 N–H and O–H groups in total. The number of carbonyl (C=O) groups excluding carboxylic acids is 2. The van der Waals surface area contributed by atoms with Crippen molar-refractivity contribution in [3.63, 3.8) is 0 Å². The highest BCUT2D eigenvalue weighted by molar-refractivity contribution is 5.99. The summed E-state index contributed by atoms with van der Waals surface area (Å²) in [5, 5.41) is 7.18. The number of esters is 1. The molecule has 0 radical (unpaired) electrons. The quantitative estimate of drug-likeness (QED) is 0.320. The van der Waals surface area contributed by atoms with E-state index in [4.69, 9.17) is 9.47 Å². The molecule has 1 amide bonds. The molecule has 1 aromatic heterocycles. The van der Waals surface area contributed by atoms with Crippen LogP contribution in [-0.2, 0) is 14.3 Å². The summed E-state index contributed by atoms with van der Waals surface area (Å²) in [6.45, 7) is 4.27. The largest absolute Gasteiger partial charge is 0.461 e. The maximum Gasteiger partial charge on any atom is 0.354 e. The lowest BCUT2D eigenvalue weighted by Gasteiger charge is -2.19. The minimum absolute atomic E-state index is 0. The molecule has 0 aliphatic carbocycles. The lowest BCUT2D eigenvalue weighted by molar-refractivity contribution is -0.118. The van der Waals surface area contributed by atoms with E-state index in [2.05, 4.69) is 27.8 Å². The van der Waals surface area contributed by atoms with Crippen LogP contribution in [0.1, 0.15) is 41.7 Å². The van der Waals surface area contributed by atoms with Gasteiger partial charge in [0.1, 0.15) is 5.69 Å². The molecule has 8 heteroatoms. The smallest absolute Gasteiger partial charge is 0.354 e. The van der Waals surface area contributed by atoms with Gasteiger partial charge in [-0.2, -0.15) is 0 Å². The average molecular weight is 472 g/mol. The lowest BCUT2D eigenvalue weighted by atomic mass is 9.91. The summed E-state index contributed by atoms with van der Waals surface area (Å²) in [5.41, 5.74) is 3.06. The van der Waals surface area contributed by atoms with Gasteiger partial charge in [0, 0.05) is 42.1 Å². The van der Waals surface area contributed by atoms with E-state index >= 15 is 0 Å². The number of hydrogen-bond acceptors (Lipinski definition) is 5. The van der Waals surface area contributed by atoms with Gasteiger partial charge >= 0.3 is 5.97 Å². The van der Waals surface area contributed by atoms with Crippen molar-refractivity contribution < 1.29 is 19.1 Å². The van der Waals surface area contributed by atoms with E-state index in [0.717, 1.165) is 23.9 Å². The van der Waals surface area contributed by atoms with E-state index < -0.39 is 5.97 Å². The summed E-state index contributed by atoms with van der Waals surface area (Å²) < 4.78 is 10.5. The van der Waals surface area contributed by atoms with Gasteiger partial charge in [-0.3, -0.25) is 4.79 Å². The molecule has 0 spiro atoms. The Bertz CT molecular complexity index is 1070. The molecule has 0 saturated carbocycles. The van der Waals surface area contributed by atoms with Crippen LogP contribution in [0.15, 0.2) is 54.6 Å². The number of aromatic nitrogens is 1. The molecule has 1 aliphatic rings. The zero-order valence-electron chi connectivity index (χ0n) is 18.6. The van der Waals surface area contributed by atoms with Crippen molar-refractivity contribution in [3.8, 4) is 0 Å². The summed E-state index contributed by atoms with van der Waals surface area (Å²) in [6.07, 6.45) is 1.59. The molecule has 4 rings (SSSR count). The van der Waals surface area contributed by atoms with E-state index in [9.17, 15) is 9.59 Å². The van der Waals surface area contributed by atoms with E-state index in [1.54, 1.807) is 6.07 Å². The fraction of sp³-hybridized carbons (Fsp3) is 0.360. The number of aromatic amines is 1. The highest BCUT2D eigenvalue weighted by Crippen LogP contribution is 2.29. The Balaban J connectivity index is 0.00000306. The monoisotopic (exact) mass is 471 g/mol. The fourth-order valence-corrected chi connectivity index (χ4v) is 4.13. The summed E-state index contributed by atoms with van der Waals surface area (Å²) in [4.78, 5) is 28.3. The molecule has 0 bridgehead atoms. The van der Waals surface area contributed by atoms with Gasteiger partial charge in [-0.15, -0.1) is 12.4 Å². The van der Waals surface area contributed by atoms with Crippen molar-refractivity contribution in [1.82, 2.24) is 10.3 Å². The topological polar surface area (TPSA) is 92.4 Å². The third-order valence-electron chi connectivity index (χ3n) is 5.71. The fourth-order valence-electron chi connectivity index (χ4n) is 4.13. The molecule has 33 heavy (non-hydrogen) atoms. The van der Waals surface area contributed by atoms with E-state index in [1.165, 1.54) is 5.56 Å². The van der Waals surface area contributed by atoms with Crippen molar-refractivity contribution in [2.45, 2.75) is 31.7 Å². The number of fused-ring (bicyclic) bond motifs is 1. The van der Waals surface area contributed by atoms with Crippen LogP contribution in [-0.4, -0.2) is 49.3 Å². The van der Waals surface area contributed by atoms with Crippen molar-refractivity contribution in [3.05, 3.63) is 65.9 Å². The number of benzene rings is 2. The summed E-state index contributed by atoms with van der Waals surface area (Å²) in [6, 6.07) is 17.2. The maximum atomic E-state index is 13.0. The summed E-state index contributed by atoms with van der Waals surface area (Å²) >= 11 is 0. The molecule has 2 aromatic carbocycles. The molecule has 7 nitrogen and oxygen atoms in total. The second-order valence-corrected chi connectivity index (χ2v) is 7.90. The molecule has 1 saturated heterocycles. The van der Waals surface area contributed by atoms with Gasteiger partial charge in [0.05, 0.1) is 12.6 Å². The first-order valence-corrected chi connectivity index (χ1v) is 11.1. The van der Waals surface area contributed by atoms with Gasteiger partial charge in [-0.05, 0) is 49.7 Å². The third-order valence-corrected chi connectivity index (χ3v) is 5.71. The minimum Gasteiger partial charge on any atom is -0.461 e. The average Bonchev–Trinajstić information content (AvgIpc) is 3.46. The molecule has 176 valence electrons. The zero-order valence-corrected chi connectivity index (χ0v) is 19.5. The van der Waals surface area contributed by atoms with E-state index in [-0.39, 0.29) is 30.3 Å². The number of nitrogens with one attached hydrogen (secondary N) is 3. The summed E-state index contributed by atoms with van der Waals surface area (Å²) in [5.74, 6) is -0.305. The standard InChI is InChI=1S/C25H29N3O4.ClH/c1-2-31-13-6-14-32-25(30)22-16-18-15-19(9-10-21(18)28-22)27-24(29)23-20(11-12-26-23)17-7-4-3-5-8-17;/h3-5,7-10,15-16,20,23,26,28H,2,6,11-14H2,1H3,(H,27,29);1H/t20-,23-;/m0./s1. The summed E-state index contributed by atoms with van der Waals surface area (Å²) in [7, 11) is 0. The molecule has 3 aromatic rings. The number of halogens is 1. The van der Waals surface area contributed by atoms with E-state index in [1.807, 2.05) is 43.3 Å². The van der Waals surface area contributed by atoms with Crippen LogP contribution in [0, 0.1) is 0 Å². The van der Waals surface area contributed by atoms with Gasteiger partial charge in [0.15, 0.2) is 0 Å². The zero-order chi connectivity index (χ0) is 22.3. The minimum atomic E-state index is -0.399. The van der Waals surface area contributed by atoms with Crippen molar-refractivity contribution >= 4 is 40.9 Å². The number of amides is 1. The van der Waals surface area contributed by atoms with Crippen LogP contribution in [0.3, 0.4) is 0 Å². The Morgan fingerprint density at radius 1 is 1.09 bits per heavy atom. The predicted molar refractivity (Wildman–Crippen MR) is 131 cm³/mol. The Labute approximate surface area is 199 Å². The van der Waals surface area contributed by atoms with Crippen LogP contribution < -0.4 is 10.6 Å². The van der Waals surface area contributed by atoms with Gasteiger partial charge in [-0.25, -0.2) is 4.79 Å². The second kappa shape index (κ2) is 11.8. The molecular weight excluding hydrogens is 442 g/mol. The Kier molecular flexibility index (Phi) is 8.88. The van der Waals surface area contributed by atoms with Crippen LogP contribution in [0.5, 0.6) is 0 Å².